The molecule has 0 saturated heterocycles. The Morgan fingerprint density at radius 2 is 1.60 bits per heavy atom. The Balaban J connectivity index is 2.06. The van der Waals surface area contributed by atoms with E-state index in [-0.39, 0.29) is 29.1 Å². The molecule has 0 radical (unpaired) electrons. The summed E-state index contributed by atoms with van der Waals surface area (Å²) in [5.41, 5.74) is 2.10. The average Bonchev–Trinajstić information content (AvgIpc) is 2.95. The van der Waals surface area contributed by atoms with Crippen molar-refractivity contribution in [3.63, 3.8) is 0 Å². The van der Waals surface area contributed by atoms with Gasteiger partial charge in [0.15, 0.2) is 0 Å². The molecule has 2 atom stereocenters. The Morgan fingerprint density at radius 3 is 2.25 bits per heavy atom. The van der Waals surface area contributed by atoms with Crippen molar-refractivity contribution in [3.05, 3.63) is 90.0 Å². The van der Waals surface area contributed by atoms with Crippen molar-refractivity contribution in [2.75, 3.05) is 17.5 Å². The number of carbonyl (C=O) groups is 2. The Labute approximate surface area is 238 Å². The number of hydrogen-bond acceptors (Lipinski definition) is 5. The highest BCUT2D eigenvalue weighted by atomic mass is 32.2. The number of hydrogen-bond donors (Lipinski definition) is 1. The first-order valence-electron chi connectivity index (χ1n) is 13.5. The van der Waals surface area contributed by atoms with Crippen LogP contribution in [0.2, 0.25) is 0 Å². The second kappa shape index (κ2) is 14.0. The zero-order chi connectivity index (χ0) is 29.3. The number of amides is 2. The fourth-order valence-electron chi connectivity index (χ4n) is 4.23. The number of anilines is 1. The van der Waals surface area contributed by atoms with E-state index in [1.165, 1.54) is 17.0 Å². The minimum atomic E-state index is -4.17. The Bertz CT molecular complexity index is 1390. The Morgan fingerprint density at radius 1 is 0.925 bits per heavy atom. The van der Waals surface area contributed by atoms with Crippen LogP contribution in [0.5, 0.6) is 5.75 Å². The van der Waals surface area contributed by atoms with Gasteiger partial charge < -0.3 is 15.0 Å². The number of ether oxygens (including phenoxy) is 1. The first-order valence-corrected chi connectivity index (χ1v) is 15.0. The molecule has 0 aliphatic carbocycles. The zero-order valence-electron chi connectivity index (χ0n) is 23.8. The lowest BCUT2D eigenvalue weighted by molar-refractivity contribution is -0.139. The fourth-order valence-corrected chi connectivity index (χ4v) is 5.67. The summed E-state index contributed by atoms with van der Waals surface area (Å²) >= 11 is 0. The number of nitrogens with one attached hydrogen (secondary N) is 1. The lowest BCUT2D eigenvalue weighted by Gasteiger charge is -2.33. The number of rotatable bonds is 13. The molecule has 2 amide bonds. The predicted molar refractivity (Wildman–Crippen MR) is 158 cm³/mol. The highest BCUT2D eigenvalue weighted by Gasteiger charge is 2.34. The molecule has 3 aromatic rings. The second-order valence-corrected chi connectivity index (χ2v) is 11.6. The third kappa shape index (κ3) is 7.63. The van der Waals surface area contributed by atoms with Crippen LogP contribution in [0.25, 0.3) is 0 Å². The summed E-state index contributed by atoms with van der Waals surface area (Å²) in [7, 11) is -4.17. The van der Waals surface area contributed by atoms with Crippen molar-refractivity contribution in [2.45, 2.75) is 64.6 Å². The fraction of sp³-hybridized carbons (Fsp3) is 0.355. The van der Waals surface area contributed by atoms with Crippen LogP contribution in [0.3, 0.4) is 0 Å². The van der Waals surface area contributed by atoms with Gasteiger partial charge in [-0.05, 0) is 63.9 Å². The zero-order valence-corrected chi connectivity index (χ0v) is 24.6. The number of nitrogens with zero attached hydrogens (tertiary/aromatic N) is 2. The van der Waals surface area contributed by atoms with Crippen LogP contribution in [0.1, 0.15) is 45.2 Å². The van der Waals surface area contributed by atoms with E-state index in [1.54, 1.807) is 56.3 Å². The van der Waals surface area contributed by atoms with Gasteiger partial charge in [0.05, 0.1) is 17.2 Å². The van der Waals surface area contributed by atoms with E-state index in [0.29, 0.717) is 12.4 Å². The van der Waals surface area contributed by atoms with E-state index in [2.05, 4.69) is 5.32 Å². The third-order valence-electron chi connectivity index (χ3n) is 6.65. The molecule has 0 unspecified atom stereocenters. The summed E-state index contributed by atoms with van der Waals surface area (Å²) < 4.78 is 34.7. The monoisotopic (exact) mass is 565 g/mol. The van der Waals surface area contributed by atoms with Crippen molar-refractivity contribution >= 4 is 27.5 Å². The van der Waals surface area contributed by atoms with Crippen molar-refractivity contribution < 1.29 is 22.7 Å². The molecule has 1 N–H and O–H groups in total. The van der Waals surface area contributed by atoms with Gasteiger partial charge in [-0.25, -0.2) is 8.42 Å². The van der Waals surface area contributed by atoms with E-state index in [9.17, 15) is 18.0 Å². The van der Waals surface area contributed by atoms with Gasteiger partial charge in [0.1, 0.15) is 18.3 Å². The van der Waals surface area contributed by atoms with Crippen LogP contribution in [0.15, 0.2) is 83.8 Å². The molecular weight excluding hydrogens is 526 g/mol. The van der Waals surface area contributed by atoms with Gasteiger partial charge in [-0.15, -0.1) is 0 Å². The summed E-state index contributed by atoms with van der Waals surface area (Å²) in [5.74, 6) is -0.480. The normalized spacial score (nSPS) is 12.7. The van der Waals surface area contributed by atoms with Crippen LogP contribution in [0, 0.1) is 6.92 Å². The topological polar surface area (TPSA) is 96.0 Å². The molecule has 9 heteroatoms. The summed E-state index contributed by atoms with van der Waals surface area (Å²) in [6.07, 6.45) is 0.738. The lowest BCUT2D eigenvalue weighted by atomic mass is 10.1. The van der Waals surface area contributed by atoms with Gasteiger partial charge in [0.2, 0.25) is 11.8 Å². The molecule has 0 saturated carbocycles. The van der Waals surface area contributed by atoms with Crippen LogP contribution < -0.4 is 14.4 Å². The van der Waals surface area contributed by atoms with Crippen molar-refractivity contribution in [1.82, 2.24) is 10.2 Å². The minimum Gasteiger partial charge on any atom is -0.492 e. The van der Waals surface area contributed by atoms with E-state index >= 15 is 0 Å². The van der Waals surface area contributed by atoms with Crippen LogP contribution in [0.4, 0.5) is 5.69 Å². The van der Waals surface area contributed by atoms with Crippen LogP contribution in [-0.2, 0) is 26.2 Å². The number of sulfonamides is 1. The van der Waals surface area contributed by atoms with Gasteiger partial charge in [-0.3, -0.25) is 13.9 Å². The molecular formula is C31H39N3O5S. The van der Waals surface area contributed by atoms with Crippen LogP contribution >= 0.6 is 0 Å². The number of carbonyl (C=O) groups excluding carboxylic acids is 2. The Hall–Kier alpha value is -3.85. The number of aryl methyl sites for hydroxylation is 1. The first kappa shape index (κ1) is 30.7. The molecule has 40 heavy (non-hydrogen) atoms. The van der Waals surface area contributed by atoms with Gasteiger partial charge in [0.25, 0.3) is 10.0 Å². The summed E-state index contributed by atoms with van der Waals surface area (Å²) in [6.45, 7) is 9.22. The van der Waals surface area contributed by atoms with Crippen molar-refractivity contribution in [1.29, 1.82) is 0 Å². The summed E-state index contributed by atoms with van der Waals surface area (Å²) in [6, 6.07) is 21.5. The van der Waals surface area contributed by atoms with Gasteiger partial charge in [-0.2, -0.15) is 0 Å². The molecule has 0 aliphatic rings. The summed E-state index contributed by atoms with van der Waals surface area (Å²) in [5, 5.41) is 2.94. The van der Waals surface area contributed by atoms with Gasteiger partial charge >= 0.3 is 0 Å². The predicted octanol–water partition coefficient (Wildman–Crippen LogP) is 4.92. The molecule has 3 aromatic carbocycles. The van der Waals surface area contributed by atoms with E-state index < -0.39 is 28.5 Å². The molecule has 214 valence electrons. The third-order valence-corrected chi connectivity index (χ3v) is 8.42. The maximum atomic E-state index is 14.1. The van der Waals surface area contributed by atoms with Crippen LogP contribution in [-0.4, -0.2) is 50.4 Å². The SMILES string of the molecule is CCOc1ccccc1N(CC(=O)N(Cc1cccc(C)c1)[C@@H](C)C(=O)N[C@H](C)CC)S(=O)(=O)c1ccccc1. The number of para-hydroxylation sites is 2. The lowest BCUT2D eigenvalue weighted by Crippen LogP contribution is -2.52. The molecule has 0 aliphatic heterocycles. The molecule has 0 fully saturated rings. The quantitative estimate of drug-likeness (QED) is 0.317. The van der Waals surface area contributed by atoms with Gasteiger partial charge in [0, 0.05) is 12.6 Å². The molecule has 0 heterocycles. The highest BCUT2D eigenvalue weighted by molar-refractivity contribution is 7.92. The largest absolute Gasteiger partial charge is 0.492 e. The summed E-state index contributed by atoms with van der Waals surface area (Å²) in [4.78, 5) is 28.7. The second-order valence-electron chi connectivity index (χ2n) is 9.73. The van der Waals surface area contributed by atoms with Crippen molar-refractivity contribution in [2.24, 2.45) is 0 Å². The van der Waals surface area contributed by atoms with E-state index in [0.717, 1.165) is 21.9 Å². The molecule has 0 spiro atoms. The first-order chi connectivity index (χ1) is 19.1. The smallest absolute Gasteiger partial charge is 0.264 e. The maximum Gasteiger partial charge on any atom is 0.264 e. The van der Waals surface area contributed by atoms with Gasteiger partial charge in [-0.1, -0.05) is 67.1 Å². The number of benzene rings is 3. The van der Waals surface area contributed by atoms with E-state index in [1.807, 2.05) is 45.0 Å². The molecule has 0 bridgehead atoms. The standard InChI is InChI=1S/C31H39N3O5S/c1-6-24(4)32-31(36)25(5)33(21-26-15-13-14-23(3)20-26)30(35)22-34(28-18-11-12-19-29(28)39-7-2)40(37,38)27-16-9-8-10-17-27/h8-20,24-25H,6-7,21-22H2,1-5H3,(H,32,36)/t24-,25+/m1/s1. The molecule has 3 rings (SSSR count). The van der Waals surface area contributed by atoms with Crippen molar-refractivity contribution in [3.8, 4) is 5.75 Å². The highest BCUT2D eigenvalue weighted by Crippen LogP contribution is 2.32. The average molecular weight is 566 g/mol. The maximum absolute atomic E-state index is 14.1. The molecule has 0 aromatic heterocycles. The van der Waals surface area contributed by atoms with E-state index in [4.69, 9.17) is 4.74 Å². The Kier molecular flexibility index (Phi) is 10.7. The minimum absolute atomic E-state index is 0.0434. The molecule has 8 nitrogen and oxygen atoms in total.